The van der Waals surface area contributed by atoms with Gasteiger partial charge in [0, 0.05) is 20.9 Å². The second-order valence-corrected chi connectivity index (χ2v) is 5.50. The summed E-state index contributed by atoms with van der Waals surface area (Å²) in [5.41, 5.74) is 8.27. The number of hydrogen-bond acceptors (Lipinski definition) is 2. The van der Waals surface area contributed by atoms with Gasteiger partial charge in [0.05, 0.1) is 5.56 Å². The van der Waals surface area contributed by atoms with Crippen LogP contribution in [0.4, 0.5) is 11.4 Å². The van der Waals surface area contributed by atoms with Crippen molar-refractivity contribution < 1.29 is 4.79 Å². The van der Waals surface area contributed by atoms with Crippen LogP contribution in [0.3, 0.4) is 0 Å². The van der Waals surface area contributed by atoms with Gasteiger partial charge >= 0.3 is 0 Å². The van der Waals surface area contributed by atoms with Gasteiger partial charge in [-0.15, -0.1) is 0 Å². The molecule has 0 aliphatic rings. The second kappa shape index (κ2) is 5.63. The zero-order valence-electron chi connectivity index (χ0n) is 10.2. The molecule has 3 nitrogen and oxygen atoms in total. The summed E-state index contributed by atoms with van der Waals surface area (Å²) in [6, 6.07) is 10.5. The molecule has 2 rings (SSSR count). The molecule has 98 valence electrons. The average molecular weight is 340 g/mol. The molecule has 0 aliphatic heterocycles. The van der Waals surface area contributed by atoms with E-state index in [1.54, 1.807) is 18.2 Å². The van der Waals surface area contributed by atoms with Crippen LogP contribution >= 0.6 is 27.5 Å². The third kappa shape index (κ3) is 3.28. The van der Waals surface area contributed by atoms with Crippen LogP contribution < -0.4 is 11.1 Å². The van der Waals surface area contributed by atoms with Crippen LogP contribution in [0.2, 0.25) is 5.02 Å². The molecule has 0 saturated heterocycles. The zero-order chi connectivity index (χ0) is 14.0. The highest BCUT2D eigenvalue weighted by Gasteiger charge is 2.11. The van der Waals surface area contributed by atoms with E-state index in [2.05, 4.69) is 21.2 Å². The number of anilines is 2. The SMILES string of the molecule is Cc1ccc(Br)cc1NC(=O)c1ccc(Cl)cc1N. The summed E-state index contributed by atoms with van der Waals surface area (Å²) < 4.78 is 0.900. The lowest BCUT2D eigenvalue weighted by Gasteiger charge is -2.10. The summed E-state index contributed by atoms with van der Waals surface area (Å²) in [5, 5.41) is 3.34. The molecule has 0 aliphatic carbocycles. The summed E-state index contributed by atoms with van der Waals surface area (Å²) in [6.07, 6.45) is 0. The quantitative estimate of drug-likeness (QED) is 0.804. The number of halogens is 2. The minimum atomic E-state index is -0.254. The Morgan fingerprint density at radius 2 is 2.00 bits per heavy atom. The van der Waals surface area contributed by atoms with Gasteiger partial charge in [-0.1, -0.05) is 33.6 Å². The van der Waals surface area contributed by atoms with Crippen molar-refractivity contribution in [3.05, 3.63) is 57.0 Å². The number of rotatable bonds is 2. The maximum atomic E-state index is 12.2. The van der Waals surface area contributed by atoms with Gasteiger partial charge in [0.1, 0.15) is 0 Å². The number of hydrogen-bond donors (Lipinski definition) is 2. The molecule has 1 amide bonds. The average Bonchev–Trinajstić information content (AvgIpc) is 2.33. The molecule has 2 aromatic carbocycles. The Hall–Kier alpha value is -1.52. The topological polar surface area (TPSA) is 55.1 Å². The van der Waals surface area contributed by atoms with Crippen LogP contribution in [0.15, 0.2) is 40.9 Å². The first-order valence-corrected chi connectivity index (χ1v) is 6.77. The standard InChI is InChI=1S/C14H12BrClN2O/c1-8-2-3-9(15)6-13(8)18-14(19)11-5-4-10(16)7-12(11)17/h2-7H,17H2,1H3,(H,18,19). The third-order valence-corrected chi connectivity index (χ3v) is 3.43. The van der Waals surface area contributed by atoms with Crippen LogP contribution in [0.1, 0.15) is 15.9 Å². The number of nitrogen functional groups attached to an aromatic ring is 1. The Labute approximate surface area is 124 Å². The first kappa shape index (κ1) is 13.9. The van der Waals surface area contributed by atoms with Gasteiger partial charge in [0.15, 0.2) is 0 Å². The highest BCUT2D eigenvalue weighted by molar-refractivity contribution is 9.10. The van der Waals surface area contributed by atoms with E-state index >= 15 is 0 Å². The van der Waals surface area contributed by atoms with Gasteiger partial charge in [-0.05, 0) is 42.8 Å². The molecule has 0 saturated carbocycles. The van der Waals surface area contributed by atoms with Crippen LogP contribution in [0.5, 0.6) is 0 Å². The molecule has 5 heteroatoms. The van der Waals surface area contributed by atoms with Gasteiger partial charge in [0.2, 0.25) is 0 Å². The van der Waals surface area contributed by atoms with Gasteiger partial charge < -0.3 is 11.1 Å². The highest BCUT2D eigenvalue weighted by Crippen LogP contribution is 2.23. The normalized spacial score (nSPS) is 10.3. The van der Waals surface area contributed by atoms with E-state index < -0.39 is 0 Å². The van der Waals surface area contributed by atoms with Crippen molar-refractivity contribution in [3.63, 3.8) is 0 Å². The first-order valence-electron chi connectivity index (χ1n) is 5.60. The minimum absolute atomic E-state index is 0.254. The molecule has 0 spiro atoms. The van der Waals surface area contributed by atoms with E-state index in [0.717, 1.165) is 15.7 Å². The smallest absolute Gasteiger partial charge is 0.257 e. The molecule has 19 heavy (non-hydrogen) atoms. The van der Waals surface area contributed by atoms with Crippen molar-refractivity contribution in [1.82, 2.24) is 0 Å². The fourth-order valence-electron chi connectivity index (χ4n) is 1.66. The van der Waals surface area contributed by atoms with Crippen molar-refractivity contribution >= 4 is 44.8 Å². The summed E-state index contributed by atoms with van der Waals surface area (Å²) in [7, 11) is 0. The van der Waals surface area contributed by atoms with Gasteiger partial charge in [0.25, 0.3) is 5.91 Å². The van der Waals surface area contributed by atoms with Gasteiger partial charge in [-0.3, -0.25) is 4.79 Å². The molecule has 0 fully saturated rings. The molecule has 0 bridgehead atoms. The van der Waals surface area contributed by atoms with Crippen molar-refractivity contribution in [2.24, 2.45) is 0 Å². The van der Waals surface area contributed by atoms with Crippen LogP contribution in [0.25, 0.3) is 0 Å². The number of nitrogens with one attached hydrogen (secondary N) is 1. The molecule has 3 N–H and O–H groups in total. The highest BCUT2D eigenvalue weighted by atomic mass is 79.9. The summed E-state index contributed by atoms with van der Waals surface area (Å²) in [5.74, 6) is -0.254. The van der Waals surface area contributed by atoms with Crippen molar-refractivity contribution in [3.8, 4) is 0 Å². The van der Waals surface area contributed by atoms with Crippen LogP contribution in [0, 0.1) is 6.92 Å². The van der Waals surface area contributed by atoms with E-state index in [-0.39, 0.29) is 5.91 Å². The molecule has 0 unspecified atom stereocenters. The Balaban J connectivity index is 2.28. The molecule has 2 aromatic rings. The lowest BCUT2D eigenvalue weighted by Crippen LogP contribution is -2.14. The Morgan fingerprint density at radius 1 is 1.26 bits per heavy atom. The largest absolute Gasteiger partial charge is 0.398 e. The van der Waals surface area contributed by atoms with Crippen molar-refractivity contribution in [2.45, 2.75) is 6.92 Å². The number of benzene rings is 2. The number of aryl methyl sites for hydroxylation is 1. The molecule has 0 aromatic heterocycles. The Kier molecular flexibility index (Phi) is 4.12. The molecular formula is C14H12BrClN2O. The maximum Gasteiger partial charge on any atom is 0.257 e. The number of nitrogens with two attached hydrogens (primary N) is 1. The van der Waals surface area contributed by atoms with E-state index in [1.165, 1.54) is 0 Å². The second-order valence-electron chi connectivity index (χ2n) is 4.14. The van der Waals surface area contributed by atoms with Crippen molar-refractivity contribution in [2.75, 3.05) is 11.1 Å². The molecule has 0 radical (unpaired) electrons. The summed E-state index contributed by atoms with van der Waals surface area (Å²) in [4.78, 5) is 12.2. The third-order valence-electron chi connectivity index (χ3n) is 2.71. The number of carbonyl (C=O) groups is 1. The number of carbonyl (C=O) groups excluding carboxylic acids is 1. The van der Waals surface area contributed by atoms with Gasteiger partial charge in [-0.25, -0.2) is 0 Å². The Morgan fingerprint density at radius 3 is 2.68 bits per heavy atom. The van der Waals surface area contributed by atoms with E-state index in [9.17, 15) is 4.79 Å². The first-order chi connectivity index (χ1) is 8.97. The summed E-state index contributed by atoms with van der Waals surface area (Å²) >= 11 is 9.18. The maximum absolute atomic E-state index is 12.2. The van der Waals surface area contributed by atoms with E-state index in [4.69, 9.17) is 17.3 Å². The molecule has 0 heterocycles. The fraction of sp³-hybridized carbons (Fsp3) is 0.0714. The van der Waals surface area contributed by atoms with E-state index in [1.807, 2.05) is 25.1 Å². The summed E-state index contributed by atoms with van der Waals surface area (Å²) in [6.45, 7) is 1.92. The predicted molar refractivity (Wildman–Crippen MR) is 82.7 cm³/mol. The van der Waals surface area contributed by atoms with Crippen LogP contribution in [-0.2, 0) is 0 Å². The predicted octanol–water partition coefficient (Wildman–Crippen LogP) is 4.25. The Bertz CT molecular complexity index is 643. The minimum Gasteiger partial charge on any atom is -0.398 e. The lowest BCUT2D eigenvalue weighted by molar-refractivity contribution is 0.102. The zero-order valence-corrected chi connectivity index (χ0v) is 12.5. The fourth-order valence-corrected chi connectivity index (χ4v) is 2.20. The lowest BCUT2D eigenvalue weighted by atomic mass is 10.1. The molecular weight excluding hydrogens is 328 g/mol. The molecule has 0 atom stereocenters. The monoisotopic (exact) mass is 338 g/mol. The number of amides is 1. The van der Waals surface area contributed by atoms with Gasteiger partial charge in [-0.2, -0.15) is 0 Å². The van der Waals surface area contributed by atoms with Crippen molar-refractivity contribution in [1.29, 1.82) is 0 Å². The van der Waals surface area contributed by atoms with E-state index in [0.29, 0.717) is 16.3 Å². The van der Waals surface area contributed by atoms with Crippen LogP contribution in [-0.4, -0.2) is 5.91 Å².